The van der Waals surface area contributed by atoms with Gasteiger partial charge >= 0.3 is 0 Å². The van der Waals surface area contributed by atoms with E-state index in [1.807, 2.05) is 0 Å². The van der Waals surface area contributed by atoms with Crippen LogP contribution in [0.5, 0.6) is 0 Å². The third-order valence-electron chi connectivity index (χ3n) is 39.5. The Morgan fingerprint density at radius 3 is 0.481 bits per heavy atom. The first-order chi connectivity index (χ1) is 48.5. The van der Waals surface area contributed by atoms with Crippen LogP contribution >= 0.6 is 0 Å². The summed E-state index contributed by atoms with van der Waals surface area (Å²) < 4.78 is 0. The van der Waals surface area contributed by atoms with Crippen molar-refractivity contribution in [1.82, 2.24) is 0 Å². The van der Waals surface area contributed by atoms with Crippen molar-refractivity contribution in [3.05, 3.63) is 0 Å². The van der Waals surface area contributed by atoms with Gasteiger partial charge < -0.3 is 0 Å². The fourth-order valence-corrected chi connectivity index (χ4v) is 22.7. The summed E-state index contributed by atoms with van der Waals surface area (Å²) in [5.74, 6) is 12.9. The highest BCUT2D eigenvalue weighted by Crippen LogP contribution is 2.59. The molecule has 0 nitrogen and oxygen atoms in total. The number of hydrogen-bond acceptors (Lipinski definition) is 0. The minimum absolute atomic E-state index is 0.402. The van der Waals surface area contributed by atoms with Gasteiger partial charge in [0, 0.05) is 0 Å². The van der Waals surface area contributed by atoms with E-state index in [2.05, 4.69) is 318 Å². The van der Waals surface area contributed by atoms with Gasteiger partial charge in [0.25, 0.3) is 0 Å². The first-order valence-corrected chi connectivity index (χ1v) is 48.5. The van der Waals surface area contributed by atoms with Gasteiger partial charge in [0.1, 0.15) is 0 Å². The molecule has 0 heteroatoms. The van der Waals surface area contributed by atoms with Crippen LogP contribution in [0.2, 0.25) is 0 Å². The lowest BCUT2D eigenvalue weighted by Gasteiger charge is -2.51. The Hall–Kier alpha value is 0. The van der Waals surface area contributed by atoms with Gasteiger partial charge in [-0.05, 0) is 259 Å². The third kappa shape index (κ3) is 28.6. The Morgan fingerprint density at radius 2 is 0.333 bits per heavy atom. The molecule has 11 atom stereocenters. The summed E-state index contributed by atoms with van der Waals surface area (Å²) >= 11 is 0. The second-order valence-corrected chi connectivity index (χ2v) is 51.7. The summed E-state index contributed by atoms with van der Waals surface area (Å²) in [6.45, 7) is 112. The van der Waals surface area contributed by atoms with E-state index in [1.165, 1.54) is 205 Å². The summed E-state index contributed by atoms with van der Waals surface area (Å²) in [5.41, 5.74) is 7.50. The molecule has 648 valence electrons. The summed E-state index contributed by atoms with van der Waals surface area (Å²) in [7, 11) is 0. The maximum absolute atomic E-state index is 2.53. The molecule has 0 heterocycles. The maximum atomic E-state index is 2.53. The SMILES string of the molecule is CC(C1CCC(C)(C)CC1)C(C)(C)C(C)(C)C.CC(C1CCCC1)C(C)(C)C(C)(C)C.CC(C1CCCCC1)C(C)(C)C(C)(C)C.CCC(C)(C(C)C1CC1)C(C)(C)C.CCC(C)(C(C)C1CCC(C)(C)CC1)C(C)(C)C.CCC(C)(C(C)C1CCCC1)C(C)(C)C.CCC(C)(C(C)C1CCCCC1)C(C)(C)C. The van der Waals surface area contributed by atoms with E-state index >= 15 is 0 Å². The molecule has 7 rings (SSSR count). The van der Waals surface area contributed by atoms with Gasteiger partial charge in [-0.1, -0.05) is 434 Å². The smallest absolute Gasteiger partial charge is 0.0252 e. The Morgan fingerprint density at radius 1 is 0.194 bits per heavy atom. The van der Waals surface area contributed by atoms with Gasteiger partial charge in [0.2, 0.25) is 0 Å². The van der Waals surface area contributed by atoms with E-state index in [-0.39, 0.29) is 0 Å². The molecule has 0 saturated heterocycles. The van der Waals surface area contributed by atoms with Crippen molar-refractivity contribution in [3.8, 4) is 0 Å². The predicted molar refractivity (Wildman–Crippen MR) is 497 cm³/mol. The average molecular weight is 1510 g/mol. The predicted octanol–water partition coefficient (Wildman–Crippen LogP) is 37.8. The molecule has 0 aromatic rings. The van der Waals surface area contributed by atoms with Gasteiger partial charge in [0.05, 0.1) is 0 Å². The molecule has 7 saturated carbocycles. The molecule has 108 heavy (non-hydrogen) atoms. The largest absolute Gasteiger partial charge is 0.0648 e. The fourth-order valence-electron chi connectivity index (χ4n) is 22.7. The van der Waals surface area contributed by atoms with Gasteiger partial charge in [-0.3, -0.25) is 0 Å². The molecule has 7 fully saturated rings. The van der Waals surface area contributed by atoms with Gasteiger partial charge in [-0.15, -0.1) is 0 Å². The van der Waals surface area contributed by atoms with Crippen LogP contribution in [0.4, 0.5) is 0 Å². The quantitative estimate of drug-likeness (QED) is 0.128. The van der Waals surface area contributed by atoms with Crippen molar-refractivity contribution in [3.63, 3.8) is 0 Å². The van der Waals surface area contributed by atoms with E-state index in [1.54, 1.807) is 0 Å². The Labute approximate surface area is 689 Å². The van der Waals surface area contributed by atoms with E-state index in [4.69, 9.17) is 0 Å². The molecule has 0 amide bonds. The number of hydrogen-bond donors (Lipinski definition) is 0. The summed E-state index contributed by atoms with van der Waals surface area (Å²) in [5, 5.41) is 0. The molecular formula is C108H216. The van der Waals surface area contributed by atoms with Crippen molar-refractivity contribution in [2.24, 2.45) is 169 Å². The van der Waals surface area contributed by atoms with Crippen molar-refractivity contribution >= 4 is 0 Å². The van der Waals surface area contributed by atoms with Crippen LogP contribution in [0, 0.1) is 169 Å². The minimum atomic E-state index is 0.402. The van der Waals surface area contributed by atoms with Crippen LogP contribution < -0.4 is 0 Å². The van der Waals surface area contributed by atoms with Crippen molar-refractivity contribution < 1.29 is 0 Å². The molecule has 0 N–H and O–H groups in total. The second kappa shape index (κ2) is 41.6. The zero-order valence-corrected chi connectivity index (χ0v) is 84.7. The first kappa shape index (κ1) is 106. The van der Waals surface area contributed by atoms with Gasteiger partial charge in [-0.25, -0.2) is 0 Å². The lowest BCUT2D eigenvalue weighted by atomic mass is 9.54. The van der Waals surface area contributed by atoms with Crippen molar-refractivity contribution in [1.29, 1.82) is 0 Å². The number of rotatable bonds is 18. The van der Waals surface area contributed by atoms with Crippen LogP contribution in [0.25, 0.3) is 0 Å². The van der Waals surface area contributed by atoms with Crippen LogP contribution in [0.3, 0.4) is 0 Å². The molecule has 7 aliphatic carbocycles. The minimum Gasteiger partial charge on any atom is -0.0648 e. The van der Waals surface area contributed by atoms with E-state index < -0.39 is 0 Å². The summed E-state index contributed by atoms with van der Waals surface area (Å²) in [6.07, 6.45) is 46.2. The van der Waals surface area contributed by atoms with E-state index in [0.29, 0.717) is 86.6 Å². The molecule has 0 aliphatic heterocycles. The van der Waals surface area contributed by atoms with Crippen LogP contribution in [-0.2, 0) is 0 Å². The van der Waals surface area contributed by atoms with Crippen molar-refractivity contribution in [2.75, 3.05) is 0 Å². The lowest BCUT2D eigenvalue weighted by molar-refractivity contribution is -0.0120. The molecule has 11 unspecified atom stereocenters. The second-order valence-electron chi connectivity index (χ2n) is 51.7. The topological polar surface area (TPSA) is 0 Å². The van der Waals surface area contributed by atoms with Crippen LogP contribution in [0.15, 0.2) is 0 Å². The third-order valence-corrected chi connectivity index (χ3v) is 39.5. The average Bonchev–Trinajstić information content (AvgIpc) is 1.39. The molecule has 0 bridgehead atoms. The van der Waals surface area contributed by atoms with Crippen LogP contribution in [0.1, 0.15) is 524 Å². The molecule has 7 aliphatic rings. The Balaban J connectivity index is 0.000000631. The zero-order valence-electron chi connectivity index (χ0n) is 84.7. The lowest BCUT2D eigenvalue weighted by Crippen LogP contribution is -2.42. The van der Waals surface area contributed by atoms with E-state index in [9.17, 15) is 0 Å². The fraction of sp³-hybridized carbons (Fsp3) is 1.00. The molecule has 0 aromatic carbocycles. The first-order valence-electron chi connectivity index (χ1n) is 48.5. The normalized spacial score (nSPS) is 24.7. The van der Waals surface area contributed by atoms with E-state index in [0.717, 1.165) is 82.9 Å². The highest BCUT2D eigenvalue weighted by atomic mass is 14.6. The van der Waals surface area contributed by atoms with Gasteiger partial charge in [-0.2, -0.15) is 0 Å². The van der Waals surface area contributed by atoms with Gasteiger partial charge in [0.15, 0.2) is 0 Å². The molecule has 0 aromatic heterocycles. The summed E-state index contributed by atoms with van der Waals surface area (Å²) in [4.78, 5) is 0. The highest BCUT2D eigenvalue weighted by Gasteiger charge is 2.50. The Bertz CT molecular complexity index is 2380. The highest BCUT2D eigenvalue weighted by molar-refractivity contribution is 5.00. The molecule has 0 spiro atoms. The monoisotopic (exact) mass is 1510 g/mol. The maximum Gasteiger partial charge on any atom is -0.0252 e. The summed E-state index contributed by atoms with van der Waals surface area (Å²) in [6, 6.07) is 0. The standard InChI is InChI=1S/C18H36.C17H34.C16H32.2C15H30.C14H28.C13H26/c1-9-18(8,16(3,4)5)14(2)15-10-12-17(6,7)13-11-15;1-13(17(7,8)15(2,3)4)14-9-11-16(5,6)12-10-14;1-7-16(6,15(3,4)5)13(2)14-11-9-8-10-12-14;1-12(13-10-8-7-9-11-13)15(5,6)14(2,3)4;1-7-15(6,14(3,4)5)12(2)13-10-8-9-11-13;1-11(12-9-7-8-10-12)14(5,6)13(2,3)4;1-7-13(6,12(3,4)5)10(2)11-8-9-11/h14-15H,9-13H2,1-8H3;13-14H,9-12H2,1-8H3;13-14H,7-12H2,1-6H3;2*12-13H,7-11H2,1-6H3;11-12H,7-10H2,1-6H3;10-11H,7-9H2,1-6H3. The zero-order chi connectivity index (χ0) is 84.7. The van der Waals surface area contributed by atoms with Crippen LogP contribution in [-0.4, -0.2) is 0 Å². The van der Waals surface area contributed by atoms with Crippen molar-refractivity contribution in [2.45, 2.75) is 524 Å². The molecular weight excluding hydrogens is 1300 g/mol. The molecule has 0 radical (unpaired) electrons. The Kier molecular flexibility index (Phi) is 40.8.